The van der Waals surface area contributed by atoms with Gasteiger partial charge in [-0.3, -0.25) is 19.4 Å². The van der Waals surface area contributed by atoms with E-state index in [9.17, 15) is 14.4 Å². The number of aromatic nitrogens is 5. The van der Waals surface area contributed by atoms with Crippen LogP contribution < -0.4 is 21.7 Å². The molecule has 1 aliphatic carbocycles. The van der Waals surface area contributed by atoms with Gasteiger partial charge in [-0.1, -0.05) is 24.3 Å². The van der Waals surface area contributed by atoms with Crippen LogP contribution in [0.1, 0.15) is 61.1 Å². The number of nitrogens with zero attached hydrogens (tertiary/aromatic N) is 6. The summed E-state index contributed by atoms with van der Waals surface area (Å²) in [5, 5.41) is 17.5. The van der Waals surface area contributed by atoms with Crippen LogP contribution in [0.25, 0.3) is 22.5 Å². The number of carbonyl (C=O) groups is 3. The number of halogens is 1. The van der Waals surface area contributed by atoms with Crippen LogP contribution >= 0.6 is 12.4 Å². The van der Waals surface area contributed by atoms with Crippen molar-refractivity contribution in [1.29, 1.82) is 0 Å². The van der Waals surface area contributed by atoms with Crippen LogP contribution in [0.4, 0.5) is 5.69 Å². The zero-order valence-electron chi connectivity index (χ0n) is 29.3. The van der Waals surface area contributed by atoms with Crippen molar-refractivity contribution < 1.29 is 14.4 Å². The molecule has 0 bridgehead atoms. The molecule has 2 fully saturated rings. The van der Waals surface area contributed by atoms with E-state index in [1.807, 2.05) is 42.2 Å². The third-order valence-corrected chi connectivity index (χ3v) is 9.91. The van der Waals surface area contributed by atoms with Crippen molar-refractivity contribution in [3.63, 3.8) is 0 Å². The summed E-state index contributed by atoms with van der Waals surface area (Å²) in [7, 11) is 0. The first-order valence-corrected chi connectivity index (χ1v) is 17.4. The van der Waals surface area contributed by atoms with Gasteiger partial charge in [0.2, 0.25) is 11.7 Å². The highest BCUT2D eigenvalue weighted by Gasteiger charge is 2.35. The van der Waals surface area contributed by atoms with Gasteiger partial charge in [0.15, 0.2) is 0 Å². The number of benzene rings is 2. The number of H-pyrrole nitrogens is 1. The van der Waals surface area contributed by atoms with E-state index in [1.165, 1.54) is 4.90 Å². The van der Waals surface area contributed by atoms with Gasteiger partial charge in [0, 0.05) is 48.4 Å². The van der Waals surface area contributed by atoms with Crippen molar-refractivity contribution in [3.8, 4) is 22.5 Å². The van der Waals surface area contributed by atoms with Crippen molar-refractivity contribution >= 4 is 35.8 Å². The minimum atomic E-state index is -0.953. The number of nitrogens with two attached hydrogens (primary N) is 2. The number of piperazine rings is 1. The van der Waals surface area contributed by atoms with E-state index in [1.54, 1.807) is 30.5 Å². The molecule has 2 unspecified atom stereocenters. The summed E-state index contributed by atoms with van der Waals surface area (Å²) >= 11 is 0. The molecule has 4 aromatic rings. The fourth-order valence-electron chi connectivity index (χ4n) is 7.19. The predicted octanol–water partition coefficient (Wildman–Crippen LogP) is 3.68. The van der Waals surface area contributed by atoms with Crippen LogP contribution in [0.3, 0.4) is 0 Å². The lowest BCUT2D eigenvalue weighted by atomic mass is 9.81. The maximum absolute atomic E-state index is 14.0. The number of amides is 3. The standard InChI is InChI=1S/C37H46N10O3.ClH/c1-22-16-33(37(50)46-20-23(2)41-24(3)21-46)40-19-31(22)27-8-4-25(5-9-27)17-32(39)36(49)47(35(48)29-10-6-26(18-38)7-11-29)30-14-12-28(13-15-30)34-42-44-45-43-34;/h4-5,8-9,12-16,19,23-24,26,29,32,41H,6-7,10-11,17-18,20-21,38-39H2,1-3H3,(H,42,43,44,45);1H/t23?,24?,26?,29?,32-;/m0./s1. The second-order valence-corrected chi connectivity index (χ2v) is 13.8. The summed E-state index contributed by atoms with van der Waals surface area (Å²) in [6.07, 6.45) is 5.06. The topological polar surface area (TPSA) is 189 Å². The third kappa shape index (κ3) is 8.67. The predicted molar refractivity (Wildman–Crippen MR) is 198 cm³/mol. The Kier molecular flexibility index (Phi) is 12.3. The molecular formula is C37H47ClN10O3. The Morgan fingerprint density at radius 1 is 0.961 bits per heavy atom. The van der Waals surface area contributed by atoms with Crippen molar-refractivity contribution in [2.75, 3.05) is 24.5 Å². The average Bonchev–Trinajstić information content (AvgIpc) is 3.67. The Balaban J connectivity index is 0.00000504. The molecule has 6 N–H and O–H groups in total. The first-order chi connectivity index (χ1) is 24.1. The number of nitrogens with one attached hydrogen (secondary N) is 2. The normalized spacial score (nSPS) is 21.0. The zero-order chi connectivity index (χ0) is 35.4. The Morgan fingerprint density at radius 2 is 1.61 bits per heavy atom. The first kappa shape index (κ1) is 37.7. The van der Waals surface area contributed by atoms with E-state index >= 15 is 0 Å². The highest BCUT2D eigenvalue weighted by molar-refractivity contribution is 6.17. The van der Waals surface area contributed by atoms with E-state index in [0.29, 0.717) is 61.2 Å². The Bertz CT molecular complexity index is 1780. The molecule has 1 saturated carbocycles. The lowest BCUT2D eigenvalue weighted by Gasteiger charge is -2.36. The molecular weight excluding hydrogens is 668 g/mol. The van der Waals surface area contributed by atoms with Crippen molar-refractivity contribution in [1.82, 2.24) is 35.8 Å². The molecule has 2 aliphatic rings. The smallest absolute Gasteiger partial charge is 0.272 e. The Hall–Kier alpha value is -4.56. The summed E-state index contributed by atoms with van der Waals surface area (Å²) in [6.45, 7) is 8.02. The quantitative estimate of drug-likeness (QED) is 0.199. The molecule has 1 saturated heterocycles. The number of hydrogen-bond acceptors (Lipinski definition) is 10. The monoisotopic (exact) mass is 714 g/mol. The second kappa shape index (κ2) is 16.6. The van der Waals surface area contributed by atoms with Crippen LogP contribution in [0, 0.1) is 18.8 Å². The molecule has 2 aromatic heterocycles. The van der Waals surface area contributed by atoms with E-state index in [2.05, 4.69) is 44.8 Å². The highest BCUT2D eigenvalue weighted by atomic mass is 35.5. The lowest BCUT2D eigenvalue weighted by Crippen LogP contribution is -2.55. The third-order valence-electron chi connectivity index (χ3n) is 9.91. The van der Waals surface area contributed by atoms with Crippen LogP contribution in [-0.4, -0.2) is 86.0 Å². The molecule has 0 radical (unpaired) electrons. The number of carbonyl (C=O) groups excluding carboxylic acids is 3. The molecule has 3 heterocycles. The maximum Gasteiger partial charge on any atom is 0.272 e. The van der Waals surface area contributed by atoms with E-state index < -0.39 is 11.9 Å². The van der Waals surface area contributed by atoms with Gasteiger partial charge in [0.1, 0.15) is 5.69 Å². The number of hydrogen-bond donors (Lipinski definition) is 4. The molecule has 51 heavy (non-hydrogen) atoms. The molecule has 13 nitrogen and oxygen atoms in total. The second-order valence-electron chi connectivity index (χ2n) is 13.8. The van der Waals surface area contributed by atoms with E-state index in [-0.39, 0.29) is 48.6 Å². The van der Waals surface area contributed by atoms with Crippen LogP contribution in [0.2, 0.25) is 0 Å². The van der Waals surface area contributed by atoms with Gasteiger partial charge in [0.25, 0.3) is 11.8 Å². The fourth-order valence-corrected chi connectivity index (χ4v) is 7.19. The molecule has 0 spiro atoms. The fraction of sp³-hybridized carbons (Fsp3) is 0.432. The average molecular weight is 715 g/mol. The van der Waals surface area contributed by atoms with E-state index in [4.69, 9.17) is 11.5 Å². The largest absolute Gasteiger partial charge is 0.334 e. The minimum absolute atomic E-state index is 0. The molecule has 1 aliphatic heterocycles. The van der Waals surface area contributed by atoms with Crippen molar-refractivity contribution in [3.05, 3.63) is 77.6 Å². The van der Waals surface area contributed by atoms with Gasteiger partial charge < -0.3 is 21.7 Å². The summed E-state index contributed by atoms with van der Waals surface area (Å²) in [5.74, 6) is -0.237. The number of imide groups is 1. The summed E-state index contributed by atoms with van der Waals surface area (Å²) in [6, 6.07) is 16.1. The molecule has 6 rings (SSSR count). The summed E-state index contributed by atoms with van der Waals surface area (Å²) < 4.78 is 0. The van der Waals surface area contributed by atoms with E-state index in [0.717, 1.165) is 35.1 Å². The van der Waals surface area contributed by atoms with Crippen LogP contribution in [0.5, 0.6) is 0 Å². The maximum atomic E-state index is 14.0. The summed E-state index contributed by atoms with van der Waals surface area (Å²) in [5.41, 5.74) is 17.7. The zero-order valence-corrected chi connectivity index (χ0v) is 30.1. The Morgan fingerprint density at radius 3 is 2.20 bits per heavy atom. The Labute approximate surface area is 304 Å². The van der Waals surface area contributed by atoms with Gasteiger partial charge >= 0.3 is 0 Å². The van der Waals surface area contributed by atoms with Gasteiger partial charge in [-0.25, -0.2) is 4.90 Å². The number of aryl methyl sites for hydroxylation is 1. The number of aromatic amines is 1. The number of pyridine rings is 1. The molecule has 14 heteroatoms. The number of tetrazole rings is 1. The first-order valence-electron chi connectivity index (χ1n) is 17.4. The molecule has 2 aromatic carbocycles. The highest BCUT2D eigenvalue weighted by Crippen LogP contribution is 2.32. The minimum Gasteiger partial charge on any atom is -0.334 e. The van der Waals surface area contributed by atoms with Crippen molar-refractivity contribution in [2.45, 2.75) is 71.0 Å². The molecule has 3 amide bonds. The lowest BCUT2D eigenvalue weighted by molar-refractivity contribution is -0.130. The van der Waals surface area contributed by atoms with Gasteiger partial charge in [-0.05, 0) is 118 Å². The number of rotatable bonds is 9. The molecule has 270 valence electrons. The van der Waals surface area contributed by atoms with Gasteiger partial charge in [0.05, 0.1) is 11.7 Å². The SMILES string of the molecule is Cc1cc(C(=O)N2CC(C)NC(C)C2)ncc1-c1ccc(C[C@H](N)C(=O)N(C(=O)C2CCC(CN)CC2)c2ccc(-c3nn[nH]n3)cc2)cc1.Cl. The van der Waals surface area contributed by atoms with Crippen LogP contribution in [-0.2, 0) is 16.0 Å². The molecule has 3 atom stereocenters. The number of anilines is 1. The van der Waals surface area contributed by atoms with Crippen molar-refractivity contribution in [2.24, 2.45) is 23.3 Å². The van der Waals surface area contributed by atoms with Gasteiger partial charge in [-0.2, -0.15) is 5.21 Å². The van der Waals surface area contributed by atoms with Crippen LogP contribution in [0.15, 0.2) is 60.8 Å². The summed E-state index contributed by atoms with van der Waals surface area (Å²) in [4.78, 5) is 48.8. The van der Waals surface area contributed by atoms with Gasteiger partial charge in [-0.15, -0.1) is 22.6 Å².